The third kappa shape index (κ3) is 2.65. The minimum absolute atomic E-state index is 0.0384. The number of nitrogens with zero attached hydrogens (tertiary/aromatic N) is 1. The topological polar surface area (TPSA) is 78.5 Å². The molecule has 6 heteroatoms. The van der Waals surface area contributed by atoms with E-state index in [1.165, 1.54) is 0 Å². The number of rotatable bonds is 3. The lowest BCUT2D eigenvalue weighted by atomic mass is 9.76. The maximum atomic E-state index is 13.9. The lowest BCUT2D eigenvalue weighted by molar-refractivity contribution is -0.146. The SMILES string of the molecule is O=C1[C@H]2[C@@H](Cc3ccccc3)N[C@@]3(C(=O)Nc4ccccc43)[C@H]2C(=O)N1C1CCCCC1. The summed E-state index contributed by atoms with van der Waals surface area (Å²) in [5.41, 5.74) is 1.39. The Labute approximate surface area is 187 Å². The van der Waals surface area contributed by atoms with Gasteiger partial charge in [0.05, 0.1) is 11.8 Å². The van der Waals surface area contributed by atoms with E-state index < -0.39 is 17.4 Å². The Morgan fingerprint density at radius 2 is 1.59 bits per heavy atom. The van der Waals surface area contributed by atoms with E-state index in [-0.39, 0.29) is 29.8 Å². The van der Waals surface area contributed by atoms with Crippen LogP contribution in [0, 0.1) is 11.8 Å². The number of para-hydroxylation sites is 1. The zero-order chi connectivity index (χ0) is 21.9. The summed E-state index contributed by atoms with van der Waals surface area (Å²) in [5.74, 6) is -1.76. The van der Waals surface area contributed by atoms with Gasteiger partial charge in [0.25, 0.3) is 0 Å². The number of likely N-dealkylation sites (tertiary alicyclic amines) is 1. The normalized spacial score (nSPS) is 31.8. The van der Waals surface area contributed by atoms with Crippen LogP contribution >= 0.6 is 0 Å². The number of hydrogen-bond donors (Lipinski definition) is 2. The van der Waals surface area contributed by atoms with E-state index in [1.807, 2.05) is 54.6 Å². The summed E-state index contributed by atoms with van der Waals surface area (Å²) in [6.45, 7) is 0. The van der Waals surface area contributed by atoms with Crippen LogP contribution in [0.25, 0.3) is 0 Å². The number of amides is 3. The summed E-state index contributed by atoms with van der Waals surface area (Å²) in [4.78, 5) is 42.7. The number of fused-ring (bicyclic) bond motifs is 4. The zero-order valence-electron chi connectivity index (χ0n) is 17.9. The molecule has 3 fully saturated rings. The second-order valence-corrected chi connectivity index (χ2v) is 9.59. The molecule has 2 saturated heterocycles. The maximum Gasteiger partial charge on any atom is 0.250 e. The van der Waals surface area contributed by atoms with Crippen molar-refractivity contribution >= 4 is 23.4 Å². The van der Waals surface area contributed by atoms with Crippen molar-refractivity contribution in [2.75, 3.05) is 5.32 Å². The molecular formula is C26H27N3O3. The number of benzene rings is 2. The molecule has 2 N–H and O–H groups in total. The highest BCUT2D eigenvalue weighted by Crippen LogP contribution is 2.54. The Morgan fingerprint density at radius 3 is 2.38 bits per heavy atom. The van der Waals surface area contributed by atoms with Crippen molar-refractivity contribution < 1.29 is 14.4 Å². The molecule has 164 valence electrons. The van der Waals surface area contributed by atoms with E-state index >= 15 is 0 Å². The van der Waals surface area contributed by atoms with Crippen molar-refractivity contribution in [1.82, 2.24) is 10.2 Å². The first-order chi connectivity index (χ1) is 15.6. The first-order valence-electron chi connectivity index (χ1n) is 11.7. The largest absolute Gasteiger partial charge is 0.324 e. The summed E-state index contributed by atoms with van der Waals surface area (Å²) in [7, 11) is 0. The molecule has 4 atom stereocenters. The van der Waals surface area contributed by atoms with Crippen molar-refractivity contribution in [1.29, 1.82) is 0 Å². The average molecular weight is 430 g/mol. The third-order valence-electron chi connectivity index (χ3n) is 7.89. The molecule has 2 aromatic carbocycles. The summed E-state index contributed by atoms with van der Waals surface area (Å²) in [6.07, 6.45) is 5.55. The van der Waals surface area contributed by atoms with Crippen LogP contribution in [0.15, 0.2) is 54.6 Å². The van der Waals surface area contributed by atoms with Crippen LogP contribution in [0.1, 0.15) is 43.2 Å². The summed E-state index contributed by atoms with van der Waals surface area (Å²) in [6, 6.07) is 17.2. The highest BCUT2D eigenvalue weighted by molar-refractivity contribution is 6.15. The fourth-order valence-corrected chi connectivity index (χ4v) is 6.52. The van der Waals surface area contributed by atoms with Gasteiger partial charge in [-0.1, -0.05) is 67.8 Å². The van der Waals surface area contributed by atoms with Gasteiger partial charge in [-0.15, -0.1) is 0 Å². The molecule has 0 aromatic heterocycles. The predicted molar refractivity (Wildman–Crippen MR) is 120 cm³/mol. The van der Waals surface area contributed by atoms with Crippen molar-refractivity contribution in [2.45, 2.75) is 56.1 Å². The monoisotopic (exact) mass is 429 g/mol. The van der Waals surface area contributed by atoms with Gasteiger partial charge in [0.2, 0.25) is 17.7 Å². The molecular weight excluding hydrogens is 402 g/mol. The van der Waals surface area contributed by atoms with Crippen LogP contribution < -0.4 is 10.6 Å². The second-order valence-electron chi connectivity index (χ2n) is 9.59. The molecule has 0 bridgehead atoms. The van der Waals surface area contributed by atoms with Gasteiger partial charge in [-0.3, -0.25) is 24.6 Å². The van der Waals surface area contributed by atoms with Gasteiger partial charge in [-0.05, 0) is 30.9 Å². The highest BCUT2D eigenvalue weighted by atomic mass is 16.2. The van der Waals surface area contributed by atoms with E-state index in [4.69, 9.17) is 0 Å². The molecule has 1 aliphatic carbocycles. The van der Waals surface area contributed by atoms with E-state index in [2.05, 4.69) is 10.6 Å². The number of nitrogens with one attached hydrogen (secondary N) is 2. The first kappa shape index (κ1) is 19.7. The van der Waals surface area contributed by atoms with Crippen LogP contribution in [0.2, 0.25) is 0 Å². The minimum Gasteiger partial charge on any atom is -0.324 e. The van der Waals surface area contributed by atoms with Gasteiger partial charge in [0, 0.05) is 23.3 Å². The van der Waals surface area contributed by atoms with E-state index in [0.717, 1.165) is 48.9 Å². The van der Waals surface area contributed by atoms with Crippen LogP contribution in [0.3, 0.4) is 0 Å². The minimum atomic E-state index is -1.20. The van der Waals surface area contributed by atoms with Crippen molar-refractivity contribution in [2.24, 2.45) is 11.8 Å². The fourth-order valence-electron chi connectivity index (χ4n) is 6.52. The van der Waals surface area contributed by atoms with Crippen LogP contribution in [-0.4, -0.2) is 34.7 Å². The van der Waals surface area contributed by atoms with Gasteiger partial charge in [0.1, 0.15) is 5.54 Å². The smallest absolute Gasteiger partial charge is 0.250 e. The van der Waals surface area contributed by atoms with Crippen LogP contribution in [0.4, 0.5) is 5.69 Å². The second kappa shape index (κ2) is 7.27. The summed E-state index contributed by atoms with van der Waals surface area (Å²) >= 11 is 0. The fraction of sp³-hybridized carbons (Fsp3) is 0.423. The van der Waals surface area contributed by atoms with Crippen molar-refractivity contribution in [3.8, 4) is 0 Å². The zero-order valence-corrected chi connectivity index (χ0v) is 17.9. The van der Waals surface area contributed by atoms with Crippen LogP contribution in [0.5, 0.6) is 0 Å². The summed E-state index contributed by atoms with van der Waals surface area (Å²) in [5, 5.41) is 6.50. The molecule has 3 aliphatic heterocycles. The summed E-state index contributed by atoms with van der Waals surface area (Å²) < 4.78 is 0. The molecule has 3 heterocycles. The highest BCUT2D eigenvalue weighted by Gasteiger charge is 2.70. The van der Waals surface area contributed by atoms with Crippen LogP contribution in [-0.2, 0) is 26.3 Å². The Balaban J connectivity index is 1.46. The number of hydrogen-bond acceptors (Lipinski definition) is 4. The lowest BCUT2D eigenvalue weighted by Crippen LogP contribution is -2.54. The van der Waals surface area contributed by atoms with Gasteiger partial charge in [-0.25, -0.2) is 0 Å². The molecule has 0 radical (unpaired) electrons. The standard InChI is InChI=1S/C26H27N3O3/c30-23-21-20(15-16-9-3-1-4-10-16)28-26(18-13-7-8-14-19(18)27-25(26)32)22(21)24(31)29(23)17-11-5-2-6-12-17/h1,3-4,7-10,13-14,17,20-22,28H,2,5-6,11-12,15H2,(H,27,32)/t20-,21+,22-,26-/m1/s1. The molecule has 6 nitrogen and oxygen atoms in total. The van der Waals surface area contributed by atoms with Gasteiger partial charge >= 0.3 is 0 Å². The molecule has 6 rings (SSSR count). The molecule has 2 aromatic rings. The molecule has 1 spiro atoms. The van der Waals surface area contributed by atoms with Gasteiger partial charge < -0.3 is 5.32 Å². The lowest BCUT2D eigenvalue weighted by Gasteiger charge is -2.34. The average Bonchev–Trinajstić information content (AvgIpc) is 3.39. The Kier molecular flexibility index (Phi) is 4.47. The Bertz CT molecular complexity index is 1090. The van der Waals surface area contributed by atoms with Crippen molar-refractivity contribution in [3.05, 3.63) is 65.7 Å². The van der Waals surface area contributed by atoms with E-state index in [0.29, 0.717) is 6.42 Å². The molecule has 3 amide bonds. The number of carbonyl (C=O) groups is 3. The van der Waals surface area contributed by atoms with Crippen molar-refractivity contribution in [3.63, 3.8) is 0 Å². The van der Waals surface area contributed by atoms with E-state index in [9.17, 15) is 14.4 Å². The number of imide groups is 1. The Morgan fingerprint density at radius 1 is 0.875 bits per heavy atom. The van der Waals surface area contributed by atoms with Gasteiger partial charge in [0.15, 0.2) is 0 Å². The first-order valence-corrected chi connectivity index (χ1v) is 11.7. The number of carbonyl (C=O) groups excluding carboxylic acids is 3. The van der Waals surface area contributed by atoms with E-state index in [1.54, 1.807) is 4.90 Å². The number of anilines is 1. The quantitative estimate of drug-likeness (QED) is 0.736. The predicted octanol–water partition coefficient (Wildman–Crippen LogP) is 2.98. The van der Waals surface area contributed by atoms with Gasteiger partial charge in [-0.2, -0.15) is 0 Å². The molecule has 1 saturated carbocycles. The third-order valence-corrected chi connectivity index (χ3v) is 7.89. The Hall–Kier alpha value is -2.99. The molecule has 32 heavy (non-hydrogen) atoms. The maximum absolute atomic E-state index is 13.9. The molecule has 0 unspecified atom stereocenters. The molecule has 4 aliphatic rings.